The van der Waals surface area contributed by atoms with Gasteiger partial charge in [-0.2, -0.15) is 0 Å². The molecule has 0 aromatic heterocycles. The molecule has 0 heterocycles. The van der Waals surface area contributed by atoms with E-state index in [1.807, 2.05) is 48.5 Å². The first kappa shape index (κ1) is 17.6. The SMILES string of the molecule is N[C@@H](Cc1ccccc1)C(=O)Nc1ccc(C(=O)c2ccccc2)cc1. The molecule has 0 saturated carbocycles. The third-order valence-electron chi connectivity index (χ3n) is 4.09. The Hall–Kier alpha value is -3.24. The Morgan fingerprint density at radius 3 is 1.92 bits per heavy atom. The zero-order valence-corrected chi connectivity index (χ0v) is 14.3. The maximum Gasteiger partial charge on any atom is 0.241 e. The number of carbonyl (C=O) groups is 2. The fourth-order valence-electron chi connectivity index (χ4n) is 2.66. The quantitative estimate of drug-likeness (QED) is 0.673. The van der Waals surface area contributed by atoms with Crippen molar-refractivity contribution in [3.8, 4) is 0 Å². The van der Waals surface area contributed by atoms with E-state index in [-0.39, 0.29) is 11.7 Å². The van der Waals surface area contributed by atoms with Crippen LogP contribution in [-0.4, -0.2) is 17.7 Å². The summed E-state index contributed by atoms with van der Waals surface area (Å²) in [6.45, 7) is 0. The lowest BCUT2D eigenvalue weighted by molar-refractivity contribution is -0.117. The van der Waals surface area contributed by atoms with Crippen molar-refractivity contribution >= 4 is 17.4 Å². The number of rotatable bonds is 6. The molecule has 3 N–H and O–H groups in total. The molecule has 0 aliphatic rings. The molecular weight excluding hydrogens is 324 g/mol. The summed E-state index contributed by atoms with van der Waals surface area (Å²) in [6, 6.07) is 24.9. The summed E-state index contributed by atoms with van der Waals surface area (Å²) < 4.78 is 0. The van der Waals surface area contributed by atoms with E-state index in [4.69, 9.17) is 5.73 Å². The van der Waals surface area contributed by atoms with Gasteiger partial charge in [-0.25, -0.2) is 0 Å². The second-order valence-electron chi connectivity index (χ2n) is 6.06. The van der Waals surface area contributed by atoms with Crippen LogP contribution in [0.3, 0.4) is 0 Å². The summed E-state index contributed by atoms with van der Waals surface area (Å²) in [5, 5.41) is 2.79. The van der Waals surface area contributed by atoms with Gasteiger partial charge in [-0.3, -0.25) is 9.59 Å². The monoisotopic (exact) mass is 344 g/mol. The Labute approximate surface area is 152 Å². The van der Waals surface area contributed by atoms with Crippen molar-refractivity contribution in [2.24, 2.45) is 5.73 Å². The second-order valence-corrected chi connectivity index (χ2v) is 6.06. The molecule has 3 rings (SSSR count). The molecule has 0 radical (unpaired) electrons. The molecule has 3 aromatic carbocycles. The van der Waals surface area contributed by atoms with Crippen molar-refractivity contribution < 1.29 is 9.59 Å². The van der Waals surface area contributed by atoms with Crippen LogP contribution in [-0.2, 0) is 11.2 Å². The molecule has 0 spiro atoms. The van der Waals surface area contributed by atoms with Crippen molar-refractivity contribution in [3.05, 3.63) is 102 Å². The summed E-state index contributed by atoms with van der Waals surface area (Å²) in [5.74, 6) is -0.305. The van der Waals surface area contributed by atoms with E-state index in [1.165, 1.54) is 0 Å². The minimum Gasteiger partial charge on any atom is -0.325 e. The predicted octanol–water partition coefficient (Wildman–Crippen LogP) is 3.43. The first-order chi connectivity index (χ1) is 12.6. The summed E-state index contributed by atoms with van der Waals surface area (Å²) >= 11 is 0. The average molecular weight is 344 g/mol. The zero-order chi connectivity index (χ0) is 18.4. The lowest BCUT2D eigenvalue weighted by Gasteiger charge is -2.12. The molecule has 130 valence electrons. The molecule has 0 saturated heterocycles. The van der Waals surface area contributed by atoms with E-state index in [9.17, 15) is 9.59 Å². The molecule has 0 unspecified atom stereocenters. The number of carbonyl (C=O) groups excluding carboxylic acids is 2. The Morgan fingerprint density at radius 1 is 0.769 bits per heavy atom. The molecule has 26 heavy (non-hydrogen) atoms. The first-order valence-electron chi connectivity index (χ1n) is 8.43. The molecule has 4 nitrogen and oxygen atoms in total. The van der Waals surface area contributed by atoms with Gasteiger partial charge < -0.3 is 11.1 Å². The zero-order valence-electron chi connectivity index (χ0n) is 14.3. The molecule has 0 bridgehead atoms. The molecular formula is C22H20N2O2. The van der Waals surface area contributed by atoms with Gasteiger partial charge in [0.15, 0.2) is 5.78 Å². The highest BCUT2D eigenvalue weighted by Crippen LogP contribution is 2.14. The highest BCUT2D eigenvalue weighted by atomic mass is 16.2. The third-order valence-corrected chi connectivity index (χ3v) is 4.09. The van der Waals surface area contributed by atoms with Crippen LogP contribution in [0, 0.1) is 0 Å². The van der Waals surface area contributed by atoms with Gasteiger partial charge in [-0.15, -0.1) is 0 Å². The van der Waals surface area contributed by atoms with E-state index in [2.05, 4.69) is 5.32 Å². The molecule has 3 aromatic rings. The van der Waals surface area contributed by atoms with Crippen molar-refractivity contribution in [2.45, 2.75) is 12.5 Å². The van der Waals surface area contributed by atoms with E-state index in [0.29, 0.717) is 23.2 Å². The molecule has 4 heteroatoms. The van der Waals surface area contributed by atoms with E-state index in [0.717, 1.165) is 5.56 Å². The third kappa shape index (κ3) is 4.43. The standard InChI is InChI=1S/C22H20N2O2/c23-20(15-16-7-3-1-4-8-16)22(26)24-19-13-11-18(12-14-19)21(25)17-9-5-2-6-10-17/h1-14,20H,15,23H2,(H,24,26)/t20-/m0/s1. The van der Waals surface area contributed by atoms with E-state index in [1.54, 1.807) is 36.4 Å². The van der Waals surface area contributed by atoms with Crippen LogP contribution in [0.15, 0.2) is 84.9 Å². The van der Waals surface area contributed by atoms with E-state index >= 15 is 0 Å². The van der Waals surface area contributed by atoms with Crippen molar-refractivity contribution in [2.75, 3.05) is 5.32 Å². The predicted molar refractivity (Wildman–Crippen MR) is 103 cm³/mol. The lowest BCUT2D eigenvalue weighted by Crippen LogP contribution is -2.37. The number of nitrogens with one attached hydrogen (secondary N) is 1. The molecule has 1 atom stereocenters. The fourth-order valence-corrected chi connectivity index (χ4v) is 2.66. The van der Waals surface area contributed by atoms with Gasteiger partial charge in [-0.05, 0) is 36.2 Å². The molecule has 1 amide bonds. The van der Waals surface area contributed by atoms with Gasteiger partial charge >= 0.3 is 0 Å². The molecule has 0 fully saturated rings. The number of anilines is 1. The number of nitrogens with two attached hydrogens (primary N) is 1. The summed E-state index contributed by atoms with van der Waals surface area (Å²) in [7, 11) is 0. The Morgan fingerprint density at radius 2 is 1.31 bits per heavy atom. The van der Waals surface area contributed by atoms with Crippen molar-refractivity contribution in [3.63, 3.8) is 0 Å². The smallest absolute Gasteiger partial charge is 0.241 e. The minimum absolute atomic E-state index is 0.0516. The van der Waals surface area contributed by atoms with Crippen LogP contribution in [0.5, 0.6) is 0 Å². The topological polar surface area (TPSA) is 72.2 Å². The lowest BCUT2D eigenvalue weighted by atomic mass is 10.0. The summed E-state index contributed by atoms with van der Waals surface area (Å²) in [6.07, 6.45) is 0.469. The molecule has 0 aliphatic heterocycles. The van der Waals surface area contributed by atoms with Crippen LogP contribution in [0.1, 0.15) is 21.5 Å². The maximum atomic E-state index is 12.4. The number of benzene rings is 3. The average Bonchev–Trinajstić information content (AvgIpc) is 2.69. The number of hydrogen-bond donors (Lipinski definition) is 2. The second kappa shape index (κ2) is 8.23. The highest BCUT2D eigenvalue weighted by Gasteiger charge is 2.15. The highest BCUT2D eigenvalue weighted by molar-refractivity contribution is 6.09. The van der Waals surface area contributed by atoms with Gasteiger partial charge in [0.1, 0.15) is 0 Å². The van der Waals surface area contributed by atoms with Crippen molar-refractivity contribution in [1.29, 1.82) is 0 Å². The first-order valence-corrected chi connectivity index (χ1v) is 8.43. The number of amides is 1. The Balaban J connectivity index is 1.62. The largest absolute Gasteiger partial charge is 0.325 e. The Kier molecular flexibility index (Phi) is 5.56. The number of hydrogen-bond acceptors (Lipinski definition) is 3. The number of ketones is 1. The maximum absolute atomic E-state index is 12.4. The minimum atomic E-state index is -0.636. The van der Waals surface area contributed by atoms with E-state index < -0.39 is 6.04 Å². The van der Waals surface area contributed by atoms with Gasteiger partial charge in [0.25, 0.3) is 0 Å². The van der Waals surface area contributed by atoms with Gasteiger partial charge in [0.2, 0.25) is 5.91 Å². The van der Waals surface area contributed by atoms with Crippen LogP contribution >= 0.6 is 0 Å². The normalized spacial score (nSPS) is 11.6. The van der Waals surface area contributed by atoms with Gasteiger partial charge in [0, 0.05) is 16.8 Å². The molecule has 0 aliphatic carbocycles. The van der Waals surface area contributed by atoms with Gasteiger partial charge in [-0.1, -0.05) is 60.7 Å². The van der Waals surface area contributed by atoms with Crippen LogP contribution in [0.4, 0.5) is 5.69 Å². The summed E-state index contributed by atoms with van der Waals surface area (Å²) in [5.41, 5.74) is 8.82. The van der Waals surface area contributed by atoms with Crippen molar-refractivity contribution in [1.82, 2.24) is 0 Å². The Bertz CT molecular complexity index is 875. The van der Waals surface area contributed by atoms with Crippen LogP contribution < -0.4 is 11.1 Å². The fraction of sp³-hybridized carbons (Fsp3) is 0.0909. The van der Waals surface area contributed by atoms with Crippen LogP contribution in [0.2, 0.25) is 0 Å². The van der Waals surface area contributed by atoms with Crippen LogP contribution in [0.25, 0.3) is 0 Å². The van der Waals surface area contributed by atoms with Gasteiger partial charge in [0.05, 0.1) is 6.04 Å². The summed E-state index contributed by atoms with van der Waals surface area (Å²) in [4.78, 5) is 24.6.